The molecule has 1 aliphatic rings. The number of carbonyl (C=O) groups is 1. The molecule has 0 saturated carbocycles. The molecule has 1 fully saturated rings. The van der Waals surface area contributed by atoms with Gasteiger partial charge >= 0.3 is 0 Å². The van der Waals surface area contributed by atoms with Gasteiger partial charge in [-0.3, -0.25) is 4.79 Å². The van der Waals surface area contributed by atoms with Gasteiger partial charge in [0.05, 0.1) is 6.10 Å². The SMILES string of the molecule is CC(N)(C(N)=O)C1CCCO1. The molecule has 0 aliphatic carbocycles. The number of hydrogen-bond acceptors (Lipinski definition) is 3. The van der Waals surface area contributed by atoms with Crippen LogP contribution in [0.4, 0.5) is 0 Å². The number of hydrogen-bond donors (Lipinski definition) is 2. The lowest BCUT2D eigenvalue weighted by atomic mass is 9.93. The van der Waals surface area contributed by atoms with Crippen LogP contribution in [0, 0.1) is 0 Å². The second kappa shape index (κ2) is 2.79. The fourth-order valence-corrected chi connectivity index (χ4v) is 1.21. The number of carbonyl (C=O) groups excluding carboxylic acids is 1. The minimum absolute atomic E-state index is 0.194. The Hall–Kier alpha value is -0.610. The Labute approximate surface area is 65.9 Å². The molecule has 0 aromatic carbocycles. The van der Waals surface area contributed by atoms with E-state index >= 15 is 0 Å². The molecule has 1 saturated heterocycles. The zero-order chi connectivity index (χ0) is 8.48. The third-order valence-electron chi connectivity index (χ3n) is 2.13. The Morgan fingerprint density at radius 2 is 2.36 bits per heavy atom. The minimum atomic E-state index is -1.00. The van der Waals surface area contributed by atoms with Gasteiger partial charge in [-0.2, -0.15) is 0 Å². The number of amides is 1. The number of primary amides is 1. The lowest BCUT2D eigenvalue weighted by molar-refractivity contribution is -0.126. The summed E-state index contributed by atoms with van der Waals surface area (Å²) in [5.41, 5.74) is 9.77. The van der Waals surface area contributed by atoms with Gasteiger partial charge in [-0.05, 0) is 19.8 Å². The maximum Gasteiger partial charge on any atom is 0.239 e. The molecule has 64 valence electrons. The van der Waals surface area contributed by atoms with Crippen molar-refractivity contribution in [3.63, 3.8) is 0 Å². The van der Waals surface area contributed by atoms with Crippen LogP contribution in [0.1, 0.15) is 19.8 Å². The summed E-state index contributed by atoms with van der Waals surface area (Å²) in [7, 11) is 0. The smallest absolute Gasteiger partial charge is 0.239 e. The van der Waals surface area contributed by atoms with E-state index in [1.807, 2.05) is 0 Å². The molecule has 2 unspecified atom stereocenters. The van der Waals surface area contributed by atoms with Crippen molar-refractivity contribution in [1.82, 2.24) is 0 Å². The number of rotatable bonds is 2. The van der Waals surface area contributed by atoms with Crippen LogP contribution in [0.3, 0.4) is 0 Å². The van der Waals surface area contributed by atoms with Crippen molar-refractivity contribution in [2.24, 2.45) is 11.5 Å². The summed E-state index contributed by atoms with van der Waals surface area (Å²) in [6.45, 7) is 2.30. The van der Waals surface area contributed by atoms with Gasteiger partial charge in [0.25, 0.3) is 0 Å². The van der Waals surface area contributed by atoms with Crippen LogP contribution in [-0.2, 0) is 9.53 Å². The zero-order valence-electron chi connectivity index (χ0n) is 6.67. The maximum absolute atomic E-state index is 10.8. The molecule has 1 aliphatic heterocycles. The molecule has 1 rings (SSSR count). The quantitative estimate of drug-likeness (QED) is 0.561. The fourth-order valence-electron chi connectivity index (χ4n) is 1.21. The molecule has 4 heteroatoms. The Balaban J connectivity index is 2.62. The molecule has 0 aromatic heterocycles. The predicted octanol–water partition coefficient (Wildman–Crippen LogP) is -0.632. The first-order valence-corrected chi connectivity index (χ1v) is 3.75. The Kier molecular flexibility index (Phi) is 2.15. The molecule has 1 heterocycles. The highest BCUT2D eigenvalue weighted by atomic mass is 16.5. The molecular weight excluding hydrogens is 144 g/mol. The van der Waals surface area contributed by atoms with E-state index in [1.165, 1.54) is 0 Å². The maximum atomic E-state index is 10.8. The van der Waals surface area contributed by atoms with Crippen molar-refractivity contribution in [3.8, 4) is 0 Å². The van der Waals surface area contributed by atoms with Crippen LogP contribution in [-0.4, -0.2) is 24.2 Å². The topological polar surface area (TPSA) is 78.3 Å². The molecular formula is C7H14N2O2. The van der Waals surface area contributed by atoms with Gasteiger partial charge in [-0.1, -0.05) is 0 Å². The summed E-state index contributed by atoms with van der Waals surface area (Å²) in [6.07, 6.45) is 1.60. The second-order valence-electron chi connectivity index (χ2n) is 3.15. The lowest BCUT2D eigenvalue weighted by Gasteiger charge is -2.26. The first-order chi connectivity index (χ1) is 5.05. The van der Waals surface area contributed by atoms with E-state index in [1.54, 1.807) is 6.92 Å². The van der Waals surface area contributed by atoms with E-state index in [2.05, 4.69) is 0 Å². The summed E-state index contributed by atoms with van der Waals surface area (Å²) >= 11 is 0. The van der Waals surface area contributed by atoms with E-state index in [0.29, 0.717) is 6.61 Å². The van der Waals surface area contributed by atoms with Gasteiger partial charge in [0.15, 0.2) is 0 Å². The summed E-state index contributed by atoms with van der Waals surface area (Å²) in [4.78, 5) is 10.8. The second-order valence-corrected chi connectivity index (χ2v) is 3.15. The van der Waals surface area contributed by atoms with Crippen LogP contribution < -0.4 is 11.5 Å². The first kappa shape index (κ1) is 8.49. The summed E-state index contributed by atoms with van der Waals surface area (Å²) < 4.78 is 5.25. The van der Waals surface area contributed by atoms with Crippen LogP contribution in [0.2, 0.25) is 0 Å². The molecule has 4 nitrogen and oxygen atoms in total. The molecule has 1 amide bonds. The van der Waals surface area contributed by atoms with Crippen molar-refractivity contribution >= 4 is 5.91 Å². The number of ether oxygens (including phenoxy) is 1. The third-order valence-corrected chi connectivity index (χ3v) is 2.13. The van der Waals surface area contributed by atoms with Crippen molar-refractivity contribution in [2.75, 3.05) is 6.61 Å². The standard InChI is InChI=1S/C7H14N2O2/c1-7(9,6(8)10)5-3-2-4-11-5/h5H,2-4,9H2,1H3,(H2,8,10). The van der Waals surface area contributed by atoms with Gasteiger partial charge in [0, 0.05) is 6.61 Å². The van der Waals surface area contributed by atoms with Crippen molar-refractivity contribution in [3.05, 3.63) is 0 Å². The van der Waals surface area contributed by atoms with Gasteiger partial charge in [0.1, 0.15) is 5.54 Å². The van der Waals surface area contributed by atoms with E-state index in [-0.39, 0.29) is 6.10 Å². The molecule has 0 spiro atoms. The number of nitrogens with two attached hydrogens (primary N) is 2. The van der Waals surface area contributed by atoms with Crippen molar-refractivity contribution < 1.29 is 9.53 Å². The lowest BCUT2D eigenvalue weighted by Crippen LogP contribution is -2.57. The average molecular weight is 158 g/mol. The highest BCUT2D eigenvalue weighted by Gasteiger charge is 2.38. The zero-order valence-corrected chi connectivity index (χ0v) is 6.67. The highest BCUT2D eigenvalue weighted by Crippen LogP contribution is 2.21. The van der Waals surface area contributed by atoms with Crippen LogP contribution in [0.15, 0.2) is 0 Å². The first-order valence-electron chi connectivity index (χ1n) is 3.75. The van der Waals surface area contributed by atoms with Crippen molar-refractivity contribution in [2.45, 2.75) is 31.4 Å². The predicted molar refractivity (Wildman–Crippen MR) is 40.8 cm³/mol. The van der Waals surface area contributed by atoms with Crippen LogP contribution >= 0.6 is 0 Å². The summed E-state index contributed by atoms with van der Waals surface area (Å²) in [5.74, 6) is -0.496. The minimum Gasteiger partial charge on any atom is -0.376 e. The van der Waals surface area contributed by atoms with Crippen molar-refractivity contribution in [1.29, 1.82) is 0 Å². The monoisotopic (exact) mass is 158 g/mol. The highest BCUT2D eigenvalue weighted by molar-refractivity contribution is 5.84. The summed E-state index contributed by atoms with van der Waals surface area (Å²) in [5, 5.41) is 0. The largest absolute Gasteiger partial charge is 0.376 e. The van der Waals surface area contributed by atoms with Gasteiger partial charge in [-0.25, -0.2) is 0 Å². The fraction of sp³-hybridized carbons (Fsp3) is 0.857. The van der Waals surface area contributed by atoms with E-state index in [9.17, 15) is 4.79 Å². The third kappa shape index (κ3) is 1.52. The molecule has 0 aromatic rings. The van der Waals surface area contributed by atoms with Gasteiger partial charge < -0.3 is 16.2 Å². The Bertz CT molecular complexity index is 162. The molecule has 4 N–H and O–H groups in total. The molecule has 0 bridgehead atoms. The van der Waals surface area contributed by atoms with Crippen LogP contribution in [0.25, 0.3) is 0 Å². The molecule has 11 heavy (non-hydrogen) atoms. The Morgan fingerprint density at radius 1 is 1.73 bits per heavy atom. The van der Waals surface area contributed by atoms with E-state index in [4.69, 9.17) is 16.2 Å². The normalized spacial score (nSPS) is 29.8. The van der Waals surface area contributed by atoms with Gasteiger partial charge in [-0.15, -0.1) is 0 Å². The van der Waals surface area contributed by atoms with E-state index in [0.717, 1.165) is 12.8 Å². The summed E-state index contributed by atoms with van der Waals surface area (Å²) in [6, 6.07) is 0. The van der Waals surface area contributed by atoms with Crippen LogP contribution in [0.5, 0.6) is 0 Å². The molecule has 2 atom stereocenters. The molecule has 0 radical (unpaired) electrons. The average Bonchev–Trinajstić information content (AvgIpc) is 2.37. The van der Waals surface area contributed by atoms with E-state index < -0.39 is 11.4 Å². The Morgan fingerprint density at radius 3 is 2.73 bits per heavy atom. The van der Waals surface area contributed by atoms with Gasteiger partial charge in [0.2, 0.25) is 5.91 Å².